The van der Waals surface area contributed by atoms with Crippen molar-refractivity contribution in [3.8, 4) is 11.1 Å². The summed E-state index contributed by atoms with van der Waals surface area (Å²) < 4.78 is 14.6. The molecule has 0 saturated carbocycles. The fraction of sp³-hybridized carbons (Fsp3) is 0.375. The second-order valence-corrected chi connectivity index (χ2v) is 13.0. The number of aromatic amines is 2. The van der Waals surface area contributed by atoms with E-state index in [-0.39, 0.29) is 5.02 Å². The second kappa shape index (κ2) is 14.2. The minimum absolute atomic E-state index is 0.102. The Kier molecular flexibility index (Phi) is 9.88. The summed E-state index contributed by atoms with van der Waals surface area (Å²) in [6, 6.07) is 4.71. The molecule has 10 nitrogen and oxygen atoms in total. The lowest BCUT2D eigenvalue weighted by Crippen LogP contribution is -2.34. The number of benzene rings is 1. The first-order valence-electron chi connectivity index (χ1n) is 15.1. The van der Waals surface area contributed by atoms with Crippen LogP contribution in [-0.2, 0) is 0 Å². The van der Waals surface area contributed by atoms with Gasteiger partial charge < -0.3 is 19.8 Å². The molecule has 6 heterocycles. The molecule has 234 valence electrons. The highest BCUT2D eigenvalue weighted by Crippen LogP contribution is 2.35. The van der Waals surface area contributed by atoms with Crippen LogP contribution in [0.1, 0.15) is 60.3 Å². The third-order valence-electron chi connectivity index (χ3n) is 8.67. The van der Waals surface area contributed by atoms with Crippen molar-refractivity contribution in [3.05, 3.63) is 93.1 Å². The van der Waals surface area contributed by atoms with Crippen LogP contribution in [0.4, 0.5) is 16.0 Å². The summed E-state index contributed by atoms with van der Waals surface area (Å²) in [5.41, 5.74) is 6.43. The third-order valence-corrected chi connectivity index (χ3v) is 9.72. The smallest absolute Gasteiger partial charge is 0.145 e. The molecular weight excluding hydrogens is 706 g/mol. The molecule has 2 N–H and O–H groups in total. The highest BCUT2D eigenvalue weighted by atomic mass is 127. The highest BCUT2D eigenvalue weighted by Gasteiger charge is 2.26. The van der Waals surface area contributed by atoms with E-state index in [0.29, 0.717) is 11.8 Å². The molecule has 5 aromatic rings. The Morgan fingerprint density at radius 2 is 1.31 bits per heavy atom. The van der Waals surface area contributed by atoms with Gasteiger partial charge in [0.2, 0.25) is 0 Å². The average Bonchev–Trinajstić information content (AvgIpc) is 3.71. The third kappa shape index (κ3) is 7.11. The van der Waals surface area contributed by atoms with Crippen LogP contribution < -0.4 is 9.80 Å². The van der Waals surface area contributed by atoms with E-state index in [1.54, 1.807) is 43.6 Å². The van der Waals surface area contributed by atoms with Gasteiger partial charge in [0.15, 0.2) is 0 Å². The number of anilines is 2. The van der Waals surface area contributed by atoms with Crippen molar-refractivity contribution in [2.75, 3.05) is 36.0 Å². The predicted molar refractivity (Wildman–Crippen MR) is 182 cm³/mol. The van der Waals surface area contributed by atoms with Crippen LogP contribution >= 0.6 is 34.2 Å². The van der Waals surface area contributed by atoms with Gasteiger partial charge in [-0.25, -0.2) is 34.3 Å². The molecule has 13 heteroatoms. The monoisotopic (exact) mass is 740 g/mol. The molecular formula is C32H35ClFIN10. The summed E-state index contributed by atoms with van der Waals surface area (Å²) in [5.74, 6) is 2.53. The topological polar surface area (TPSA) is 115 Å². The number of aromatic nitrogens is 8. The highest BCUT2D eigenvalue weighted by molar-refractivity contribution is 14.1. The molecule has 45 heavy (non-hydrogen) atoms. The molecule has 1 aromatic carbocycles. The van der Waals surface area contributed by atoms with Gasteiger partial charge in [-0.05, 0) is 79.8 Å². The van der Waals surface area contributed by atoms with Gasteiger partial charge in [0.1, 0.15) is 30.1 Å². The van der Waals surface area contributed by atoms with E-state index in [4.69, 9.17) is 11.6 Å². The van der Waals surface area contributed by atoms with Gasteiger partial charge in [-0.15, -0.1) is 0 Å². The first-order valence-corrected chi connectivity index (χ1v) is 16.5. The van der Waals surface area contributed by atoms with Gasteiger partial charge in [0.05, 0.1) is 32.6 Å². The van der Waals surface area contributed by atoms with Crippen LogP contribution in [0.25, 0.3) is 11.1 Å². The Labute approximate surface area is 280 Å². The summed E-state index contributed by atoms with van der Waals surface area (Å²) in [7, 11) is 0. The standard InChI is InChI=1S/C19H19ClFN5.C13H16IN5/c1-12-18(24-11-23-12)13-4-6-26(7-5-13)19-15(9-22-10-25-19)14-2-3-17(21)16(20)8-14;1-9-12(17-8-16-9)10-2-4-19(5-3-10)13-11(14)6-15-7-18-13/h2-3,8-11,13H,4-7H2,1H3,(H,23,24);6-8,10H,2-5H2,1H3,(H,16,17). The van der Waals surface area contributed by atoms with Gasteiger partial charge in [-0.3, -0.25) is 0 Å². The van der Waals surface area contributed by atoms with E-state index in [9.17, 15) is 4.39 Å². The fourth-order valence-corrected chi connectivity index (χ4v) is 7.09. The molecule has 0 amide bonds. The number of halogens is 3. The summed E-state index contributed by atoms with van der Waals surface area (Å²) >= 11 is 8.25. The number of hydrogen-bond acceptors (Lipinski definition) is 8. The van der Waals surface area contributed by atoms with Crippen molar-refractivity contribution in [1.82, 2.24) is 39.9 Å². The SMILES string of the molecule is Cc1[nH]cnc1C1CCN(c2ncncc2-c2ccc(F)c(Cl)c2)CC1.Cc1[nH]cnc1C1CCN(c2ncncc2I)CC1. The van der Waals surface area contributed by atoms with Gasteiger partial charge in [0, 0.05) is 67.4 Å². The van der Waals surface area contributed by atoms with Gasteiger partial charge >= 0.3 is 0 Å². The van der Waals surface area contributed by atoms with Crippen LogP contribution in [0, 0.1) is 23.2 Å². The Morgan fingerprint density at radius 1 is 0.778 bits per heavy atom. The Bertz CT molecular complexity index is 1730. The maximum atomic E-state index is 13.5. The molecule has 0 aliphatic carbocycles. The zero-order valence-corrected chi connectivity index (χ0v) is 28.1. The summed E-state index contributed by atoms with van der Waals surface area (Å²) in [6.07, 6.45) is 14.6. The lowest BCUT2D eigenvalue weighted by Gasteiger charge is -2.33. The first kappa shape index (κ1) is 31.3. The summed E-state index contributed by atoms with van der Waals surface area (Å²) in [5, 5.41) is 0.102. The van der Waals surface area contributed by atoms with E-state index in [0.717, 1.165) is 89.6 Å². The van der Waals surface area contributed by atoms with Crippen molar-refractivity contribution in [2.45, 2.75) is 51.4 Å². The zero-order valence-electron chi connectivity index (χ0n) is 25.2. The molecule has 2 aliphatic rings. The predicted octanol–water partition coefficient (Wildman–Crippen LogP) is 6.85. The number of rotatable bonds is 5. The van der Waals surface area contributed by atoms with Crippen molar-refractivity contribution in [1.29, 1.82) is 0 Å². The molecule has 4 aromatic heterocycles. The van der Waals surface area contributed by atoms with Gasteiger partial charge in [0.25, 0.3) is 0 Å². The molecule has 2 fully saturated rings. The fourth-order valence-electron chi connectivity index (χ4n) is 6.27. The van der Waals surface area contributed by atoms with Crippen molar-refractivity contribution in [2.24, 2.45) is 0 Å². The normalized spacial score (nSPS) is 16.0. The molecule has 0 bridgehead atoms. The van der Waals surface area contributed by atoms with Gasteiger partial charge in [-0.2, -0.15) is 0 Å². The van der Waals surface area contributed by atoms with Crippen LogP contribution in [0.5, 0.6) is 0 Å². The molecule has 0 spiro atoms. The minimum atomic E-state index is -0.427. The molecule has 2 aliphatic heterocycles. The van der Waals surface area contributed by atoms with E-state index in [1.807, 2.05) is 6.20 Å². The van der Waals surface area contributed by atoms with Crippen LogP contribution in [-0.4, -0.2) is 66.1 Å². The second-order valence-electron chi connectivity index (χ2n) is 11.4. The lowest BCUT2D eigenvalue weighted by atomic mass is 9.92. The average molecular weight is 741 g/mol. The number of hydrogen-bond donors (Lipinski definition) is 2. The number of imidazole rings is 2. The van der Waals surface area contributed by atoms with Crippen molar-refractivity contribution in [3.63, 3.8) is 0 Å². The van der Waals surface area contributed by atoms with Crippen molar-refractivity contribution < 1.29 is 4.39 Å². The molecule has 0 atom stereocenters. The Hall–Kier alpha value is -3.65. The lowest BCUT2D eigenvalue weighted by molar-refractivity contribution is 0.492. The van der Waals surface area contributed by atoms with Crippen molar-refractivity contribution >= 4 is 45.8 Å². The first-order chi connectivity index (χ1) is 21.9. The number of aryl methyl sites for hydroxylation is 2. The maximum Gasteiger partial charge on any atom is 0.145 e. The molecule has 7 rings (SSSR count). The van der Waals surface area contributed by atoms with Crippen LogP contribution in [0.15, 0.2) is 55.9 Å². The van der Waals surface area contributed by atoms with E-state index in [2.05, 4.69) is 86.1 Å². The number of H-pyrrole nitrogens is 2. The number of nitrogens with zero attached hydrogens (tertiary/aromatic N) is 8. The largest absolute Gasteiger partial charge is 0.356 e. The quantitative estimate of drug-likeness (QED) is 0.188. The Morgan fingerprint density at radius 3 is 1.82 bits per heavy atom. The summed E-state index contributed by atoms with van der Waals surface area (Å²) in [6.45, 7) is 8.00. The zero-order chi connectivity index (χ0) is 31.3. The molecule has 2 saturated heterocycles. The number of piperidine rings is 2. The van der Waals surface area contributed by atoms with E-state index in [1.165, 1.54) is 17.5 Å². The summed E-state index contributed by atoms with van der Waals surface area (Å²) in [4.78, 5) is 36.9. The van der Waals surface area contributed by atoms with E-state index < -0.39 is 5.82 Å². The minimum Gasteiger partial charge on any atom is -0.356 e. The molecule has 0 unspecified atom stereocenters. The number of nitrogens with one attached hydrogen (secondary N) is 2. The van der Waals surface area contributed by atoms with Crippen LogP contribution in [0.3, 0.4) is 0 Å². The maximum absolute atomic E-state index is 13.5. The van der Waals surface area contributed by atoms with Crippen LogP contribution in [0.2, 0.25) is 5.02 Å². The van der Waals surface area contributed by atoms with E-state index >= 15 is 0 Å². The van der Waals surface area contributed by atoms with Gasteiger partial charge in [-0.1, -0.05) is 17.7 Å². The Balaban J connectivity index is 0.000000167. The molecule has 0 radical (unpaired) electrons.